The van der Waals surface area contributed by atoms with Crippen molar-refractivity contribution in [3.8, 4) is 0 Å². The maximum absolute atomic E-state index is 13.3. The molecule has 3 saturated heterocycles. The van der Waals surface area contributed by atoms with E-state index >= 15 is 0 Å². The van der Waals surface area contributed by atoms with Gasteiger partial charge in [-0.2, -0.15) is 13.5 Å². The van der Waals surface area contributed by atoms with Gasteiger partial charge < -0.3 is 46.6 Å². The van der Waals surface area contributed by atoms with Crippen LogP contribution in [0.2, 0.25) is 0 Å². The number of amides is 2. The number of aliphatic carboxylic acids is 1. The molecule has 0 aromatic carbocycles. The molecule has 5 heterocycles. The molecule has 2 amide bonds. The number of amidine groups is 1. The second kappa shape index (κ2) is 17.1. The smallest absolute Gasteiger partial charge is 0.418 e. The number of β-lactam (4-membered cyclic amide) rings is 1. The van der Waals surface area contributed by atoms with Crippen molar-refractivity contribution >= 4 is 56.2 Å². The van der Waals surface area contributed by atoms with Gasteiger partial charge in [0.2, 0.25) is 0 Å². The Morgan fingerprint density at radius 2 is 1.91 bits per heavy atom. The highest BCUT2D eigenvalue weighted by Crippen LogP contribution is 2.33. The van der Waals surface area contributed by atoms with Gasteiger partial charge in [0.1, 0.15) is 24.2 Å². The van der Waals surface area contributed by atoms with Gasteiger partial charge in [0, 0.05) is 69.2 Å². The fourth-order valence-electron chi connectivity index (χ4n) is 6.51. The van der Waals surface area contributed by atoms with Gasteiger partial charge in [-0.3, -0.25) is 19.1 Å². The van der Waals surface area contributed by atoms with E-state index in [0.29, 0.717) is 23.8 Å². The van der Waals surface area contributed by atoms with Crippen molar-refractivity contribution in [1.29, 1.82) is 0 Å². The lowest BCUT2D eigenvalue weighted by molar-refractivity contribution is -0.218. The zero-order valence-electron chi connectivity index (χ0n) is 30.3. The van der Waals surface area contributed by atoms with Crippen LogP contribution in [0.3, 0.4) is 0 Å². The Morgan fingerprint density at radius 3 is 2.49 bits per heavy atom. The van der Waals surface area contributed by atoms with Gasteiger partial charge in [0.05, 0.1) is 11.3 Å². The van der Waals surface area contributed by atoms with Gasteiger partial charge in [0.25, 0.3) is 17.9 Å². The summed E-state index contributed by atoms with van der Waals surface area (Å²) in [5.41, 5.74) is 4.68. The number of nitrogens with zero attached hydrogens (tertiary/aromatic N) is 5. The molecule has 55 heavy (non-hydrogen) atoms. The number of nitrogen functional groups attached to an aromatic ring is 1. The summed E-state index contributed by atoms with van der Waals surface area (Å²) >= 11 is 0.972. The molecule has 3 fully saturated rings. The number of carbonyl (C=O) groups excluding carboxylic acids is 2. The van der Waals surface area contributed by atoms with E-state index in [-0.39, 0.29) is 16.7 Å². The first-order valence-corrected chi connectivity index (χ1v) is 20.1. The van der Waals surface area contributed by atoms with E-state index in [0.717, 1.165) is 86.9 Å². The van der Waals surface area contributed by atoms with E-state index in [1.807, 2.05) is 18.2 Å². The van der Waals surface area contributed by atoms with Gasteiger partial charge in [-0.1, -0.05) is 11.2 Å². The predicted molar refractivity (Wildman–Crippen MR) is 200 cm³/mol. The Balaban J connectivity index is 1.02. The highest BCUT2D eigenvalue weighted by atomic mass is 32.3. The van der Waals surface area contributed by atoms with Gasteiger partial charge in [-0.25, -0.2) is 9.78 Å². The number of fused-ring (bicyclic) bond motifs is 1. The average molecular weight is 807 g/mol. The summed E-state index contributed by atoms with van der Waals surface area (Å²) in [6.07, 6.45) is 7.33. The molecule has 300 valence electrons. The lowest BCUT2D eigenvalue weighted by atomic mass is 9.84. The number of nitrogens with one attached hydrogen (secondary N) is 4. The van der Waals surface area contributed by atoms with Crippen LogP contribution in [0.25, 0.3) is 0 Å². The van der Waals surface area contributed by atoms with Gasteiger partial charge in [0.15, 0.2) is 10.8 Å². The molecule has 1 aromatic rings. The van der Waals surface area contributed by atoms with E-state index in [4.69, 9.17) is 24.9 Å². The van der Waals surface area contributed by atoms with Crippen LogP contribution in [0.5, 0.6) is 0 Å². The molecule has 0 bridgehead atoms. The van der Waals surface area contributed by atoms with Crippen molar-refractivity contribution < 1.29 is 46.3 Å². The topological polar surface area (TPSA) is 272 Å². The van der Waals surface area contributed by atoms with E-state index in [2.05, 4.69) is 40.6 Å². The Labute approximate surface area is 321 Å². The highest BCUT2D eigenvalue weighted by Gasteiger charge is 2.58. The first-order valence-electron chi connectivity index (χ1n) is 17.8. The molecule has 3 unspecified atom stereocenters. The molecule has 22 heteroatoms. The van der Waals surface area contributed by atoms with E-state index < -0.39 is 58.2 Å². The number of nitrogens with two attached hydrogens (primary N) is 1. The Kier molecular flexibility index (Phi) is 12.5. The number of carboxylic acids is 1. The number of carboxylic acid groups (broad SMARTS) is 1. The van der Waals surface area contributed by atoms with E-state index in [1.54, 1.807) is 6.08 Å². The number of oxime groups is 1. The molecule has 20 nitrogen and oxygen atoms in total. The number of thiazole rings is 1. The van der Waals surface area contributed by atoms with Crippen LogP contribution < -0.4 is 27.0 Å². The van der Waals surface area contributed by atoms with Crippen molar-refractivity contribution in [3.63, 3.8) is 0 Å². The zero-order valence-corrected chi connectivity index (χ0v) is 32.0. The first-order chi connectivity index (χ1) is 26.2. The lowest BCUT2D eigenvalue weighted by Gasteiger charge is -2.50. The predicted octanol–water partition coefficient (Wildman–Crippen LogP) is -0.768. The Bertz CT molecular complexity index is 1870. The SMILES string of the molecule is CC1(C)C(NC(=O)/C(=N\OC(COC2=CC=C3NC(=NCCCN(CC4CNC4)CC4CNC4)C=CC3C2)C(=O)O)c2csc(N)n2)C(=O)N1OS(=O)(=O)O. The number of aliphatic imine (C=N–C) groups is 1. The van der Waals surface area contributed by atoms with Crippen LogP contribution in [0.4, 0.5) is 5.13 Å². The third-order valence-electron chi connectivity index (χ3n) is 9.78. The maximum atomic E-state index is 13.3. The zero-order chi connectivity index (χ0) is 39.3. The van der Waals surface area contributed by atoms with Crippen molar-refractivity contribution in [2.24, 2.45) is 27.9 Å². The number of allylic oxidation sites excluding steroid dienone is 4. The van der Waals surface area contributed by atoms with Crippen molar-refractivity contribution in [2.45, 2.75) is 44.4 Å². The number of aromatic nitrogens is 1. The normalized spacial score (nSPS) is 23.8. The largest absolute Gasteiger partial charge is 0.493 e. The van der Waals surface area contributed by atoms with Crippen molar-refractivity contribution in [2.75, 3.05) is 64.7 Å². The molecule has 0 radical (unpaired) electrons. The Hall–Kier alpha value is -4.45. The van der Waals surface area contributed by atoms with Crippen molar-refractivity contribution in [1.82, 2.24) is 36.2 Å². The third kappa shape index (κ3) is 10.2. The van der Waals surface area contributed by atoms with Crippen LogP contribution in [-0.4, -0.2) is 139 Å². The third-order valence-corrected chi connectivity index (χ3v) is 10.8. The second-order valence-electron chi connectivity index (χ2n) is 14.4. The minimum atomic E-state index is -5.02. The molecule has 0 spiro atoms. The number of ether oxygens (including phenoxy) is 1. The fourth-order valence-corrected chi connectivity index (χ4v) is 7.51. The summed E-state index contributed by atoms with van der Waals surface area (Å²) in [5, 5.41) is 28.0. The lowest BCUT2D eigenvalue weighted by Crippen LogP contribution is -2.76. The molecule has 8 N–H and O–H groups in total. The summed E-state index contributed by atoms with van der Waals surface area (Å²) in [4.78, 5) is 54.7. The minimum Gasteiger partial charge on any atom is -0.493 e. The molecule has 1 aromatic heterocycles. The van der Waals surface area contributed by atoms with Crippen LogP contribution in [0, 0.1) is 17.8 Å². The summed E-state index contributed by atoms with van der Waals surface area (Å²) in [5.74, 6) is -0.704. The summed E-state index contributed by atoms with van der Waals surface area (Å²) < 4.78 is 41.4. The first kappa shape index (κ1) is 40.2. The summed E-state index contributed by atoms with van der Waals surface area (Å²) in [7, 11) is -5.02. The quantitative estimate of drug-likeness (QED) is 0.0297. The van der Waals surface area contributed by atoms with Crippen LogP contribution in [-0.2, 0) is 38.6 Å². The number of hydroxylamine groups is 2. The maximum Gasteiger partial charge on any atom is 0.418 e. The fraction of sp³-hybridized carbons (Fsp3) is 0.576. The molecule has 5 aliphatic rings. The summed E-state index contributed by atoms with van der Waals surface area (Å²) in [6.45, 7) is 10.6. The molecular formula is C33H46N10O10S2. The van der Waals surface area contributed by atoms with Crippen LogP contribution >= 0.6 is 11.3 Å². The number of anilines is 1. The van der Waals surface area contributed by atoms with Crippen LogP contribution in [0.15, 0.2) is 51.3 Å². The monoisotopic (exact) mass is 806 g/mol. The molecule has 1 aliphatic carbocycles. The second-order valence-corrected chi connectivity index (χ2v) is 16.3. The number of hydrogen-bond acceptors (Lipinski definition) is 16. The van der Waals surface area contributed by atoms with Gasteiger partial charge in [-0.15, -0.1) is 15.6 Å². The van der Waals surface area contributed by atoms with E-state index in [1.165, 1.54) is 19.2 Å². The number of rotatable bonds is 19. The van der Waals surface area contributed by atoms with Gasteiger partial charge in [-0.05, 0) is 56.9 Å². The Morgan fingerprint density at radius 1 is 1.20 bits per heavy atom. The molecule has 0 saturated carbocycles. The molecule has 3 atom stereocenters. The molecular weight excluding hydrogens is 761 g/mol. The standard InChI is InChI=1S/C33H46N10O10S2/c1-33(2)28(30(45)43(33)53-55(48,49)50)40-29(44)27(24-18-54-32(34)39-24)41-52-25(31(46)47)17-51-22-5-6-23-21(10-22)4-7-26(38-23)37-8-3-9-42(15-19-11-35-12-19)16-20-13-36-14-20/h4-7,18-21,25,28,35-36H,3,8-17H2,1-2H3,(H2,34,39)(H,37,38)(H,40,44)(H,46,47)(H,48,49,50)/b41-27-. The van der Waals surface area contributed by atoms with Gasteiger partial charge >= 0.3 is 16.4 Å². The highest BCUT2D eigenvalue weighted by molar-refractivity contribution is 7.80. The number of carbonyl (C=O) groups is 3. The van der Waals surface area contributed by atoms with Crippen molar-refractivity contribution in [3.05, 3.63) is 46.8 Å². The minimum absolute atomic E-state index is 0.0356. The van der Waals surface area contributed by atoms with Crippen LogP contribution in [0.1, 0.15) is 32.4 Å². The molecule has 6 rings (SSSR count). The summed E-state index contributed by atoms with van der Waals surface area (Å²) in [6, 6.07) is -1.32. The molecule has 4 aliphatic heterocycles. The number of hydrogen-bond donors (Lipinski definition) is 7. The average Bonchev–Trinajstić information content (AvgIpc) is 3.53. The van der Waals surface area contributed by atoms with E-state index in [9.17, 15) is 27.9 Å².